The van der Waals surface area contributed by atoms with Crippen LogP contribution in [0, 0.1) is 0 Å². The predicted octanol–water partition coefficient (Wildman–Crippen LogP) is -0.475. The van der Waals surface area contributed by atoms with Crippen LogP contribution in [0.5, 0.6) is 0 Å². The molecule has 9 N–H and O–H groups in total. The summed E-state index contributed by atoms with van der Waals surface area (Å²) in [7, 11) is 0. The summed E-state index contributed by atoms with van der Waals surface area (Å²) in [4.78, 5) is 64.5. The van der Waals surface area contributed by atoms with Crippen LogP contribution in [0.15, 0.2) is 30.5 Å². The fourth-order valence-corrected chi connectivity index (χ4v) is 4.41. The maximum atomic E-state index is 13.3. The number of thiol groups is 1. The lowest BCUT2D eigenvalue weighted by atomic mass is 10.0. The molecule has 2 aromatic rings. The molecule has 0 radical (unpaired) electrons. The SMILES string of the molecule is CSCCC(N)C(=O)NC(Cc1c[nH]c2ccccc12)C(=O)NC(CS)C(=O)NC(CCC(N)=O)C(=O)O. The van der Waals surface area contributed by atoms with Gasteiger partial charge in [-0.15, -0.1) is 0 Å². The number of nitrogens with two attached hydrogens (primary N) is 2. The van der Waals surface area contributed by atoms with Crippen LogP contribution in [-0.4, -0.2) is 81.6 Å². The number of benzene rings is 1. The summed E-state index contributed by atoms with van der Waals surface area (Å²) in [6.45, 7) is 0. The highest BCUT2D eigenvalue weighted by atomic mass is 32.2. The van der Waals surface area contributed by atoms with Crippen molar-refractivity contribution in [3.63, 3.8) is 0 Å². The number of carboxylic acids is 1. The van der Waals surface area contributed by atoms with Crippen LogP contribution in [0.4, 0.5) is 0 Å². The summed E-state index contributed by atoms with van der Waals surface area (Å²) in [6.07, 6.45) is 3.70. The molecule has 0 aliphatic heterocycles. The second-order valence-corrected chi connectivity index (χ2v) is 10.0. The number of hydrogen-bond donors (Lipinski definition) is 8. The lowest BCUT2D eigenvalue weighted by Crippen LogP contribution is -2.58. The Balaban J connectivity index is 2.20. The lowest BCUT2D eigenvalue weighted by molar-refractivity contribution is -0.142. The van der Waals surface area contributed by atoms with Gasteiger partial charge in [-0.2, -0.15) is 24.4 Å². The zero-order chi connectivity index (χ0) is 28.2. The van der Waals surface area contributed by atoms with Crippen molar-refractivity contribution < 1.29 is 29.1 Å². The van der Waals surface area contributed by atoms with Crippen molar-refractivity contribution >= 4 is 64.9 Å². The molecule has 1 aromatic heterocycles. The Morgan fingerprint density at radius 2 is 1.63 bits per heavy atom. The minimum Gasteiger partial charge on any atom is -0.480 e. The number of carboxylic acid groups (broad SMARTS) is 1. The van der Waals surface area contributed by atoms with Crippen LogP contribution < -0.4 is 27.4 Å². The van der Waals surface area contributed by atoms with Gasteiger partial charge in [0.1, 0.15) is 18.1 Å². The third-order valence-corrected chi connectivity index (χ3v) is 6.82. The van der Waals surface area contributed by atoms with Crippen molar-refractivity contribution in [1.82, 2.24) is 20.9 Å². The minimum atomic E-state index is -1.38. The van der Waals surface area contributed by atoms with E-state index in [1.807, 2.05) is 30.5 Å². The number of rotatable bonds is 16. The third kappa shape index (κ3) is 9.26. The summed E-state index contributed by atoms with van der Waals surface area (Å²) in [5, 5.41) is 17.8. The maximum Gasteiger partial charge on any atom is 0.326 e. The summed E-state index contributed by atoms with van der Waals surface area (Å²) in [5.41, 5.74) is 12.7. The fourth-order valence-electron chi connectivity index (χ4n) is 3.67. The van der Waals surface area contributed by atoms with Crippen molar-refractivity contribution in [2.24, 2.45) is 11.5 Å². The average Bonchev–Trinajstić information content (AvgIpc) is 3.29. The first-order valence-electron chi connectivity index (χ1n) is 11.9. The predicted molar refractivity (Wildman–Crippen MR) is 149 cm³/mol. The van der Waals surface area contributed by atoms with Gasteiger partial charge in [-0.25, -0.2) is 4.79 Å². The van der Waals surface area contributed by atoms with Crippen molar-refractivity contribution in [3.8, 4) is 0 Å². The Labute approximate surface area is 229 Å². The van der Waals surface area contributed by atoms with E-state index in [4.69, 9.17) is 11.5 Å². The first kappa shape index (κ1) is 31.0. The molecule has 0 fully saturated rings. The van der Waals surface area contributed by atoms with Crippen LogP contribution in [-0.2, 0) is 30.4 Å². The summed E-state index contributed by atoms with van der Waals surface area (Å²) < 4.78 is 0. The van der Waals surface area contributed by atoms with E-state index in [0.717, 1.165) is 16.5 Å². The molecule has 0 saturated heterocycles. The van der Waals surface area contributed by atoms with Crippen molar-refractivity contribution in [3.05, 3.63) is 36.0 Å². The second kappa shape index (κ2) is 15.2. The molecule has 0 saturated carbocycles. The molecule has 0 aliphatic carbocycles. The van der Waals surface area contributed by atoms with Crippen LogP contribution in [0.1, 0.15) is 24.8 Å². The molecule has 14 heteroatoms. The van der Waals surface area contributed by atoms with Crippen LogP contribution >= 0.6 is 24.4 Å². The molecule has 4 atom stereocenters. The maximum absolute atomic E-state index is 13.3. The van der Waals surface area contributed by atoms with Gasteiger partial charge in [0, 0.05) is 35.7 Å². The van der Waals surface area contributed by atoms with E-state index < -0.39 is 53.8 Å². The number of carbonyl (C=O) groups is 5. The van der Waals surface area contributed by atoms with E-state index in [0.29, 0.717) is 12.2 Å². The number of H-pyrrole nitrogens is 1. The van der Waals surface area contributed by atoms with Crippen LogP contribution in [0.25, 0.3) is 10.9 Å². The van der Waals surface area contributed by atoms with Gasteiger partial charge in [-0.05, 0) is 36.5 Å². The monoisotopic (exact) mass is 566 g/mol. The van der Waals surface area contributed by atoms with Gasteiger partial charge in [-0.1, -0.05) is 18.2 Å². The number of nitrogens with one attached hydrogen (secondary N) is 4. The quantitative estimate of drug-likeness (QED) is 0.124. The standard InChI is InChI=1S/C24H34N6O6S2/c1-38-9-8-15(25)21(32)29-18(10-13-11-27-16-5-3-2-4-14(13)16)22(33)30-19(12-37)23(34)28-17(24(35)36)6-7-20(26)31/h2-5,11,15,17-19,27,37H,6-10,12,25H2,1H3,(H2,26,31)(H,28,34)(H,29,32)(H,30,33)(H,35,36). The van der Waals surface area contributed by atoms with Gasteiger partial charge < -0.3 is 37.5 Å². The van der Waals surface area contributed by atoms with Gasteiger partial charge in [0.05, 0.1) is 6.04 Å². The van der Waals surface area contributed by atoms with Crippen LogP contribution in [0.3, 0.4) is 0 Å². The van der Waals surface area contributed by atoms with Gasteiger partial charge in [0.15, 0.2) is 0 Å². The Bertz CT molecular complexity index is 1140. The number of aromatic nitrogens is 1. The van der Waals surface area contributed by atoms with E-state index in [1.54, 1.807) is 18.0 Å². The molecular weight excluding hydrogens is 532 g/mol. The molecule has 208 valence electrons. The van der Waals surface area contributed by atoms with Gasteiger partial charge in [0.25, 0.3) is 0 Å². The van der Waals surface area contributed by atoms with Crippen molar-refractivity contribution in [1.29, 1.82) is 0 Å². The molecule has 0 spiro atoms. The van der Waals surface area contributed by atoms with Gasteiger partial charge >= 0.3 is 5.97 Å². The third-order valence-electron chi connectivity index (χ3n) is 5.81. The number of aromatic amines is 1. The minimum absolute atomic E-state index is 0.105. The molecule has 4 unspecified atom stereocenters. The molecule has 38 heavy (non-hydrogen) atoms. The first-order valence-corrected chi connectivity index (χ1v) is 13.9. The van der Waals surface area contributed by atoms with Gasteiger partial charge in [0.2, 0.25) is 23.6 Å². The number of amides is 4. The van der Waals surface area contributed by atoms with Crippen molar-refractivity contribution in [2.45, 2.75) is 49.9 Å². The molecule has 4 amide bonds. The number of thioether (sulfide) groups is 1. The smallest absolute Gasteiger partial charge is 0.326 e. The molecule has 2 rings (SSSR count). The largest absolute Gasteiger partial charge is 0.480 e. The molecule has 0 bridgehead atoms. The highest BCUT2D eigenvalue weighted by molar-refractivity contribution is 7.98. The molecular formula is C24H34N6O6S2. The van der Waals surface area contributed by atoms with Crippen LogP contribution in [0.2, 0.25) is 0 Å². The Morgan fingerprint density at radius 3 is 2.26 bits per heavy atom. The summed E-state index contributed by atoms with van der Waals surface area (Å²) >= 11 is 5.66. The molecule has 1 aromatic carbocycles. The van der Waals surface area contributed by atoms with Crippen molar-refractivity contribution in [2.75, 3.05) is 17.8 Å². The number of fused-ring (bicyclic) bond motifs is 1. The zero-order valence-electron chi connectivity index (χ0n) is 20.9. The zero-order valence-corrected chi connectivity index (χ0v) is 22.6. The summed E-state index contributed by atoms with van der Waals surface area (Å²) in [5.74, 6) is -3.54. The summed E-state index contributed by atoms with van der Waals surface area (Å²) in [6, 6.07) is 2.97. The Morgan fingerprint density at radius 1 is 1.00 bits per heavy atom. The van der Waals surface area contributed by atoms with E-state index in [9.17, 15) is 29.1 Å². The molecule has 1 heterocycles. The highest BCUT2D eigenvalue weighted by Gasteiger charge is 2.30. The number of aliphatic carboxylic acids is 1. The highest BCUT2D eigenvalue weighted by Crippen LogP contribution is 2.19. The normalized spacial score (nSPS) is 14.2. The number of hydrogen-bond acceptors (Lipinski definition) is 8. The van der Waals surface area contributed by atoms with Gasteiger partial charge in [-0.3, -0.25) is 19.2 Å². The number of primary amides is 1. The topological polar surface area (TPSA) is 209 Å². The van der Waals surface area contributed by atoms with E-state index in [1.165, 1.54) is 0 Å². The van der Waals surface area contributed by atoms with E-state index >= 15 is 0 Å². The number of carbonyl (C=O) groups excluding carboxylic acids is 4. The number of para-hydroxylation sites is 1. The Kier molecular flexibility index (Phi) is 12.4. The van der Waals surface area contributed by atoms with E-state index in [-0.39, 0.29) is 25.0 Å². The lowest BCUT2D eigenvalue weighted by Gasteiger charge is -2.24. The average molecular weight is 567 g/mol. The second-order valence-electron chi connectivity index (χ2n) is 8.66. The fraction of sp³-hybridized carbons (Fsp3) is 0.458. The first-order chi connectivity index (χ1) is 18.1. The van der Waals surface area contributed by atoms with E-state index in [2.05, 4.69) is 33.6 Å². The molecule has 12 nitrogen and oxygen atoms in total. The molecule has 0 aliphatic rings. The Hall–Kier alpha value is -3.23.